The van der Waals surface area contributed by atoms with E-state index in [1.54, 1.807) is 6.20 Å². The topological polar surface area (TPSA) is 24.9 Å². The van der Waals surface area contributed by atoms with Gasteiger partial charge in [0.15, 0.2) is 11.6 Å². The van der Waals surface area contributed by atoms with Crippen molar-refractivity contribution in [2.45, 2.75) is 19.3 Å². The van der Waals surface area contributed by atoms with Gasteiger partial charge in [0, 0.05) is 23.6 Å². The van der Waals surface area contributed by atoms with E-state index >= 15 is 0 Å². The second kappa shape index (κ2) is 6.41. The van der Waals surface area contributed by atoms with Gasteiger partial charge in [0.25, 0.3) is 0 Å². The Morgan fingerprint density at radius 3 is 3.00 bits per heavy atom. The zero-order chi connectivity index (χ0) is 11.1. The molecule has 0 fully saturated rings. The second-order valence-electron chi connectivity index (χ2n) is 3.07. The van der Waals surface area contributed by atoms with Crippen LogP contribution in [0, 0.1) is 18.2 Å². The van der Waals surface area contributed by atoms with Crippen LogP contribution in [-0.4, -0.2) is 11.5 Å². The summed E-state index contributed by atoms with van der Waals surface area (Å²) in [4.78, 5) is 3.92. The van der Waals surface area contributed by atoms with E-state index in [-0.39, 0.29) is 5.82 Å². The number of nitrogens with zero attached hydrogens (tertiary/aromatic N) is 1. The van der Waals surface area contributed by atoms with Crippen molar-refractivity contribution in [2.24, 2.45) is 0 Å². The SMILES string of the molecule is C#CCCCCNc1ncc(Br)cc1F. The predicted octanol–water partition coefficient (Wildman–Crippen LogP) is 3.20. The lowest BCUT2D eigenvalue weighted by atomic mass is 10.2. The summed E-state index contributed by atoms with van der Waals surface area (Å²) in [7, 11) is 0. The molecule has 2 nitrogen and oxygen atoms in total. The molecule has 0 bridgehead atoms. The van der Waals surface area contributed by atoms with Crippen LogP contribution in [0.5, 0.6) is 0 Å². The highest BCUT2D eigenvalue weighted by atomic mass is 79.9. The normalized spacial score (nSPS) is 9.67. The second-order valence-corrected chi connectivity index (χ2v) is 3.99. The maximum Gasteiger partial charge on any atom is 0.166 e. The van der Waals surface area contributed by atoms with Gasteiger partial charge in [-0.15, -0.1) is 12.3 Å². The molecule has 4 heteroatoms. The molecule has 0 saturated heterocycles. The van der Waals surface area contributed by atoms with Crippen molar-refractivity contribution >= 4 is 21.7 Å². The largest absolute Gasteiger partial charge is 0.368 e. The first-order chi connectivity index (χ1) is 7.24. The third kappa shape index (κ3) is 4.30. The molecule has 0 aliphatic rings. The highest BCUT2D eigenvalue weighted by molar-refractivity contribution is 9.10. The summed E-state index contributed by atoms with van der Waals surface area (Å²) in [5.41, 5.74) is 0. The molecular formula is C11H12BrFN2. The van der Waals surface area contributed by atoms with Gasteiger partial charge in [-0.2, -0.15) is 0 Å². The van der Waals surface area contributed by atoms with Gasteiger partial charge in [-0.3, -0.25) is 0 Å². The average molecular weight is 271 g/mol. The van der Waals surface area contributed by atoms with Gasteiger partial charge in [-0.05, 0) is 34.8 Å². The predicted molar refractivity (Wildman–Crippen MR) is 63.1 cm³/mol. The molecule has 1 N–H and O–H groups in total. The van der Waals surface area contributed by atoms with Crippen LogP contribution in [0.1, 0.15) is 19.3 Å². The number of anilines is 1. The van der Waals surface area contributed by atoms with Crippen LogP contribution in [0.25, 0.3) is 0 Å². The fourth-order valence-corrected chi connectivity index (χ4v) is 1.41. The fraction of sp³-hybridized carbons (Fsp3) is 0.364. The summed E-state index contributed by atoms with van der Waals surface area (Å²) in [6.07, 6.45) is 9.30. The Morgan fingerprint density at radius 2 is 2.33 bits per heavy atom. The van der Waals surface area contributed by atoms with Crippen LogP contribution in [0.4, 0.5) is 10.2 Å². The molecule has 1 aromatic heterocycles. The summed E-state index contributed by atoms with van der Waals surface area (Å²) in [5, 5.41) is 2.92. The minimum atomic E-state index is -0.346. The molecular weight excluding hydrogens is 259 g/mol. The van der Waals surface area contributed by atoms with Crippen molar-refractivity contribution in [2.75, 3.05) is 11.9 Å². The van der Waals surface area contributed by atoms with Crippen molar-refractivity contribution < 1.29 is 4.39 Å². The average Bonchev–Trinajstić information content (AvgIpc) is 2.20. The summed E-state index contributed by atoms with van der Waals surface area (Å²) in [6, 6.07) is 1.39. The van der Waals surface area contributed by atoms with E-state index in [0.717, 1.165) is 19.3 Å². The molecule has 0 amide bonds. The van der Waals surface area contributed by atoms with Gasteiger partial charge in [0.05, 0.1) is 0 Å². The number of terminal acetylenes is 1. The van der Waals surface area contributed by atoms with E-state index in [1.807, 2.05) is 0 Å². The van der Waals surface area contributed by atoms with Gasteiger partial charge in [0.2, 0.25) is 0 Å². The molecule has 0 aromatic carbocycles. The first-order valence-corrected chi connectivity index (χ1v) is 5.51. The van der Waals surface area contributed by atoms with Crippen LogP contribution in [0.2, 0.25) is 0 Å². The van der Waals surface area contributed by atoms with Crippen LogP contribution in [0.15, 0.2) is 16.7 Å². The van der Waals surface area contributed by atoms with Crippen molar-refractivity contribution in [1.82, 2.24) is 4.98 Å². The molecule has 1 aromatic rings. The summed E-state index contributed by atoms with van der Waals surface area (Å²) < 4.78 is 13.9. The molecule has 15 heavy (non-hydrogen) atoms. The van der Waals surface area contributed by atoms with Crippen LogP contribution in [-0.2, 0) is 0 Å². The Kier molecular flexibility index (Phi) is 5.13. The Bertz CT molecular complexity index is 360. The molecule has 1 rings (SSSR count). The van der Waals surface area contributed by atoms with Gasteiger partial charge >= 0.3 is 0 Å². The van der Waals surface area contributed by atoms with Crippen LogP contribution >= 0.6 is 15.9 Å². The molecule has 80 valence electrons. The van der Waals surface area contributed by atoms with Gasteiger partial charge in [-0.25, -0.2) is 9.37 Å². The summed E-state index contributed by atoms with van der Waals surface area (Å²) in [6.45, 7) is 0.688. The molecule has 0 unspecified atom stereocenters. The molecule has 0 atom stereocenters. The van der Waals surface area contributed by atoms with Gasteiger partial charge in [0.1, 0.15) is 0 Å². The van der Waals surface area contributed by atoms with Crippen LogP contribution < -0.4 is 5.32 Å². The lowest BCUT2D eigenvalue weighted by molar-refractivity contribution is 0.622. The van der Waals surface area contributed by atoms with Gasteiger partial charge in [-0.1, -0.05) is 0 Å². The quantitative estimate of drug-likeness (QED) is 0.657. The minimum Gasteiger partial charge on any atom is -0.368 e. The first kappa shape index (κ1) is 12.0. The highest BCUT2D eigenvalue weighted by Gasteiger charge is 2.02. The smallest absolute Gasteiger partial charge is 0.166 e. The van der Waals surface area contributed by atoms with Gasteiger partial charge < -0.3 is 5.32 Å². The Labute approximate surface area is 97.4 Å². The van der Waals surface area contributed by atoms with Crippen molar-refractivity contribution in [1.29, 1.82) is 0 Å². The van der Waals surface area contributed by atoms with E-state index < -0.39 is 0 Å². The van der Waals surface area contributed by atoms with Crippen LogP contribution in [0.3, 0.4) is 0 Å². The minimum absolute atomic E-state index is 0.291. The zero-order valence-electron chi connectivity index (χ0n) is 8.26. The summed E-state index contributed by atoms with van der Waals surface area (Å²) in [5.74, 6) is 2.51. The number of rotatable bonds is 5. The molecule has 0 saturated carbocycles. The number of halogens is 2. The van der Waals surface area contributed by atoms with Crippen molar-refractivity contribution in [3.63, 3.8) is 0 Å². The molecule has 0 radical (unpaired) electrons. The molecule has 0 spiro atoms. The highest BCUT2D eigenvalue weighted by Crippen LogP contribution is 2.15. The standard InChI is InChI=1S/C11H12BrFN2/c1-2-3-4-5-6-14-11-10(13)7-9(12)8-15-11/h1,7-8H,3-6H2,(H,14,15). The van der Waals surface area contributed by atoms with E-state index in [2.05, 4.69) is 32.2 Å². The molecule has 1 heterocycles. The number of aromatic nitrogens is 1. The lowest BCUT2D eigenvalue weighted by Gasteiger charge is -2.05. The zero-order valence-corrected chi connectivity index (χ0v) is 9.85. The Hall–Kier alpha value is -1.08. The maximum atomic E-state index is 13.2. The maximum absolute atomic E-state index is 13.2. The number of hydrogen-bond acceptors (Lipinski definition) is 2. The van der Waals surface area contributed by atoms with Crippen molar-refractivity contribution in [3.8, 4) is 12.3 Å². The van der Waals surface area contributed by atoms with E-state index in [0.29, 0.717) is 16.8 Å². The number of unbranched alkanes of at least 4 members (excludes halogenated alkanes) is 2. The van der Waals surface area contributed by atoms with E-state index in [9.17, 15) is 4.39 Å². The first-order valence-electron chi connectivity index (χ1n) is 4.72. The number of hydrogen-bond donors (Lipinski definition) is 1. The molecule has 0 aliphatic heterocycles. The monoisotopic (exact) mass is 270 g/mol. The summed E-state index contributed by atoms with van der Waals surface area (Å²) >= 11 is 3.15. The third-order valence-electron chi connectivity index (χ3n) is 1.85. The Morgan fingerprint density at radius 1 is 1.53 bits per heavy atom. The lowest BCUT2D eigenvalue weighted by Crippen LogP contribution is -2.05. The molecule has 0 aliphatic carbocycles. The van der Waals surface area contributed by atoms with Crippen molar-refractivity contribution in [3.05, 3.63) is 22.6 Å². The number of pyridine rings is 1. The fourth-order valence-electron chi connectivity index (χ4n) is 1.10. The van der Waals surface area contributed by atoms with E-state index in [1.165, 1.54) is 6.07 Å². The van der Waals surface area contributed by atoms with E-state index in [4.69, 9.17) is 6.42 Å². The Balaban J connectivity index is 2.35. The third-order valence-corrected chi connectivity index (χ3v) is 2.28. The number of nitrogens with one attached hydrogen (secondary N) is 1.